The number of nitrogens with zero attached hydrogens (tertiary/aromatic N) is 1. The first-order valence-electron chi connectivity index (χ1n) is 4.20. The van der Waals surface area contributed by atoms with Gasteiger partial charge < -0.3 is 15.2 Å². The molecule has 2 N–H and O–H groups in total. The molecule has 1 heterocycles. The van der Waals surface area contributed by atoms with Gasteiger partial charge >= 0.3 is 5.97 Å². The number of ether oxygens (including phenoxy) is 2. The van der Waals surface area contributed by atoms with E-state index in [1.807, 2.05) is 6.92 Å². The smallest absolute Gasteiger partial charge is 0.359 e. The van der Waals surface area contributed by atoms with E-state index in [1.165, 1.54) is 12.3 Å². The summed E-state index contributed by atoms with van der Waals surface area (Å²) in [6.07, 6.45) is 1.40. The first-order valence-corrected chi connectivity index (χ1v) is 4.20. The van der Waals surface area contributed by atoms with Crippen molar-refractivity contribution >= 4 is 11.7 Å². The largest absolute Gasteiger partial charge is 0.434 e. The van der Waals surface area contributed by atoms with Crippen LogP contribution in [0.15, 0.2) is 18.3 Å². The van der Waals surface area contributed by atoms with E-state index in [9.17, 15) is 4.79 Å². The zero-order valence-corrected chi connectivity index (χ0v) is 7.90. The predicted octanol–water partition coefficient (Wildman–Crippen LogP) is 0.815. The Morgan fingerprint density at radius 1 is 1.57 bits per heavy atom. The van der Waals surface area contributed by atoms with Crippen LogP contribution in [0.25, 0.3) is 0 Å². The van der Waals surface area contributed by atoms with E-state index in [1.54, 1.807) is 6.07 Å². The summed E-state index contributed by atoms with van der Waals surface area (Å²) < 4.78 is 9.60. The summed E-state index contributed by atoms with van der Waals surface area (Å²) in [6.45, 7) is 2.26. The summed E-state index contributed by atoms with van der Waals surface area (Å²) in [7, 11) is 0. The number of hydrogen-bond acceptors (Lipinski definition) is 5. The topological polar surface area (TPSA) is 74.4 Å². The van der Waals surface area contributed by atoms with E-state index in [2.05, 4.69) is 4.98 Å². The lowest BCUT2D eigenvalue weighted by atomic mass is 10.3. The second-order valence-corrected chi connectivity index (χ2v) is 2.52. The van der Waals surface area contributed by atoms with Crippen molar-refractivity contribution in [3.63, 3.8) is 0 Å². The molecule has 0 bridgehead atoms. The van der Waals surface area contributed by atoms with Crippen molar-refractivity contribution in [3.8, 4) is 0 Å². The Hall–Kier alpha value is -1.62. The molecule has 0 aliphatic rings. The molecule has 0 spiro atoms. The van der Waals surface area contributed by atoms with Gasteiger partial charge in [0.25, 0.3) is 0 Å². The van der Waals surface area contributed by atoms with Crippen LogP contribution in [0.5, 0.6) is 0 Å². The minimum atomic E-state index is -0.515. The Bertz CT molecular complexity index is 297. The van der Waals surface area contributed by atoms with Crippen LogP contribution in [0.4, 0.5) is 5.69 Å². The maximum Gasteiger partial charge on any atom is 0.359 e. The number of carbonyl (C=O) groups is 1. The molecular formula is C9H12N2O3. The lowest BCUT2D eigenvalue weighted by Crippen LogP contribution is -2.10. The van der Waals surface area contributed by atoms with Gasteiger partial charge in [0, 0.05) is 6.61 Å². The van der Waals surface area contributed by atoms with Crippen molar-refractivity contribution in [2.24, 2.45) is 0 Å². The maximum absolute atomic E-state index is 11.2. The Kier molecular flexibility index (Phi) is 3.87. The van der Waals surface area contributed by atoms with Crippen molar-refractivity contribution in [2.45, 2.75) is 6.92 Å². The summed E-state index contributed by atoms with van der Waals surface area (Å²) in [5, 5.41) is 0. The molecule has 1 aromatic heterocycles. The monoisotopic (exact) mass is 196 g/mol. The van der Waals surface area contributed by atoms with E-state index in [0.717, 1.165) is 0 Å². The summed E-state index contributed by atoms with van der Waals surface area (Å²) in [5.74, 6) is -0.515. The number of anilines is 1. The van der Waals surface area contributed by atoms with Crippen molar-refractivity contribution < 1.29 is 14.3 Å². The molecule has 0 unspecified atom stereocenters. The molecule has 0 radical (unpaired) electrons. The van der Waals surface area contributed by atoms with Crippen molar-refractivity contribution in [1.29, 1.82) is 0 Å². The van der Waals surface area contributed by atoms with Crippen LogP contribution in [0, 0.1) is 0 Å². The molecule has 0 saturated carbocycles. The summed E-state index contributed by atoms with van der Waals surface area (Å²) in [6, 6.07) is 3.09. The van der Waals surface area contributed by atoms with E-state index in [0.29, 0.717) is 12.3 Å². The van der Waals surface area contributed by atoms with Gasteiger partial charge in [-0.1, -0.05) is 0 Å². The van der Waals surface area contributed by atoms with Crippen molar-refractivity contribution in [1.82, 2.24) is 4.98 Å². The molecule has 5 nitrogen and oxygen atoms in total. The molecule has 0 aliphatic carbocycles. The second-order valence-electron chi connectivity index (χ2n) is 2.52. The molecule has 76 valence electrons. The standard InChI is InChI=1S/C9H12N2O3/c1-2-13-6-14-9(12)8-4-3-7(10)5-11-8/h3-5H,2,6,10H2,1H3. The highest BCUT2D eigenvalue weighted by Gasteiger charge is 2.07. The molecule has 0 saturated heterocycles. The number of aromatic nitrogens is 1. The van der Waals surface area contributed by atoms with Crippen LogP contribution in [-0.4, -0.2) is 24.4 Å². The molecule has 0 fully saturated rings. The van der Waals surface area contributed by atoms with Gasteiger partial charge in [-0.2, -0.15) is 0 Å². The molecule has 5 heteroatoms. The molecular weight excluding hydrogens is 184 g/mol. The molecule has 14 heavy (non-hydrogen) atoms. The molecule has 0 amide bonds. The van der Waals surface area contributed by atoms with E-state index in [-0.39, 0.29) is 12.5 Å². The van der Waals surface area contributed by atoms with Gasteiger partial charge in [0.2, 0.25) is 0 Å². The fraction of sp³-hybridized carbons (Fsp3) is 0.333. The molecule has 0 aliphatic heterocycles. The van der Waals surface area contributed by atoms with Crippen molar-refractivity contribution in [2.75, 3.05) is 19.1 Å². The number of carbonyl (C=O) groups excluding carboxylic acids is 1. The van der Waals surface area contributed by atoms with Crippen LogP contribution >= 0.6 is 0 Å². The van der Waals surface area contributed by atoms with Gasteiger partial charge in [-0.3, -0.25) is 0 Å². The van der Waals surface area contributed by atoms with Crippen LogP contribution < -0.4 is 5.73 Å². The first kappa shape index (κ1) is 10.5. The third kappa shape index (κ3) is 3.02. The third-order valence-corrected chi connectivity index (χ3v) is 1.47. The first-order chi connectivity index (χ1) is 6.74. The summed E-state index contributed by atoms with van der Waals surface area (Å²) >= 11 is 0. The fourth-order valence-electron chi connectivity index (χ4n) is 0.779. The SMILES string of the molecule is CCOCOC(=O)c1ccc(N)cn1. The number of pyridine rings is 1. The Morgan fingerprint density at radius 3 is 2.93 bits per heavy atom. The number of esters is 1. The highest BCUT2D eigenvalue weighted by molar-refractivity contribution is 5.87. The minimum absolute atomic E-state index is 0.0542. The van der Waals surface area contributed by atoms with Gasteiger partial charge in [0.05, 0.1) is 11.9 Å². The zero-order chi connectivity index (χ0) is 10.4. The molecule has 0 atom stereocenters. The Balaban J connectivity index is 2.48. The Labute approximate surface area is 81.8 Å². The number of nitrogen functional groups attached to an aromatic ring is 1. The van der Waals surface area contributed by atoms with Crippen LogP contribution in [0.2, 0.25) is 0 Å². The number of nitrogens with two attached hydrogens (primary N) is 1. The van der Waals surface area contributed by atoms with E-state index in [4.69, 9.17) is 15.2 Å². The summed E-state index contributed by atoms with van der Waals surface area (Å²) in [5.41, 5.74) is 6.14. The van der Waals surface area contributed by atoms with E-state index >= 15 is 0 Å². The third-order valence-electron chi connectivity index (χ3n) is 1.47. The van der Waals surface area contributed by atoms with Crippen LogP contribution in [-0.2, 0) is 9.47 Å². The van der Waals surface area contributed by atoms with Crippen molar-refractivity contribution in [3.05, 3.63) is 24.0 Å². The minimum Gasteiger partial charge on any atom is -0.434 e. The quantitative estimate of drug-likeness (QED) is 0.438. The Morgan fingerprint density at radius 2 is 2.36 bits per heavy atom. The average molecular weight is 196 g/mol. The van der Waals surface area contributed by atoms with E-state index < -0.39 is 5.97 Å². The lowest BCUT2D eigenvalue weighted by Gasteiger charge is -2.03. The number of rotatable bonds is 4. The van der Waals surface area contributed by atoms with Gasteiger partial charge in [-0.05, 0) is 19.1 Å². The van der Waals surface area contributed by atoms with Crippen LogP contribution in [0.1, 0.15) is 17.4 Å². The summed E-state index contributed by atoms with van der Waals surface area (Å²) in [4.78, 5) is 15.0. The fourth-order valence-corrected chi connectivity index (χ4v) is 0.779. The highest BCUT2D eigenvalue weighted by atomic mass is 16.7. The van der Waals surface area contributed by atoms with Gasteiger partial charge in [-0.15, -0.1) is 0 Å². The molecule has 0 aromatic carbocycles. The maximum atomic E-state index is 11.2. The highest BCUT2D eigenvalue weighted by Crippen LogP contribution is 2.02. The predicted molar refractivity (Wildman–Crippen MR) is 50.6 cm³/mol. The van der Waals surface area contributed by atoms with Gasteiger partial charge in [-0.25, -0.2) is 9.78 Å². The molecule has 1 rings (SSSR count). The lowest BCUT2D eigenvalue weighted by molar-refractivity contribution is -0.0278. The van der Waals surface area contributed by atoms with Crippen LogP contribution in [0.3, 0.4) is 0 Å². The van der Waals surface area contributed by atoms with Gasteiger partial charge in [0.1, 0.15) is 5.69 Å². The van der Waals surface area contributed by atoms with Gasteiger partial charge in [0.15, 0.2) is 6.79 Å². The zero-order valence-electron chi connectivity index (χ0n) is 7.90. The molecule has 1 aromatic rings. The normalized spacial score (nSPS) is 9.79. The number of hydrogen-bond donors (Lipinski definition) is 1. The average Bonchev–Trinajstić information content (AvgIpc) is 2.19. The second kappa shape index (κ2) is 5.18.